The summed E-state index contributed by atoms with van der Waals surface area (Å²) in [4.78, 5) is 19.4. The molecular weight excluding hydrogens is 352 g/mol. The minimum absolute atomic E-state index is 0.0763. The van der Waals surface area contributed by atoms with E-state index in [9.17, 15) is 13.6 Å². The summed E-state index contributed by atoms with van der Waals surface area (Å²) in [7, 11) is 1.37. The number of methoxy groups -OCH3 is 1. The maximum absolute atomic E-state index is 14.7. The molecule has 0 unspecified atom stereocenters. The average molecular weight is 371 g/mol. The van der Waals surface area contributed by atoms with E-state index in [0.29, 0.717) is 22.3 Å². The lowest BCUT2D eigenvalue weighted by Crippen LogP contribution is -2.13. The predicted molar refractivity (Wildman–Crippen MR) is 102 cm³/mol. The lowest BCUT2D eigenvalue weighted by atomic mass is 10.0. The third-order valence-corrected chi connectivity index (χ3v) is 4.08. The van der Waals surface area contributed by atoms with E-state index in [2.05, 4.69) is 15.3 Å². The topological polar surface area (TPSA) is 66.5 Å². The summed E-state index contributed by atoms with van der Waals surface area (Å²) in [5.41, 5.74) is 1.91. The van der Waals surface area contributed by atoms with Gasteiger partial charge in [-0.2, -0.15) is 0 Å². The molecule has 7 heteroatoms. The highest BCUT2D eigenvalue weighted by Crippen LogP contribution is 2.33. The molecule has 1 amide bonds. The summed E-state index contributed by atoms with van der Waals surface area (Å²) in [5.74, 6) is -1.29. The molecule has 1 aliphatic rings. The number of hydrogen-bond acceptors (Lipinski definition) is 3. The molecule has 2 heterocycles. The highest BCUT2D eigenvalue weighted by Gasteiger charge is 2.25. The number of aromatic nitrogens is 1. The number of benzene rings is 2. The molecule has 4 rings (SSSR count). The fourth-order valence-corrected chi connectivity index (χ4v) is 2.95. The number of ether oxygens (including phenoxy) is 1. The van der Waals surface area contributed by atoms with E-state index in [4.69, 9.17) is 4.74 Å². The van der Waals surface area contributed by atoms with Crippen LogP contribution in [0.4, 0.5) is 14.5 Å². The minimum atomic E-state index is -0.575. The van der Waals surface area contributed by atoms with Crippen molar-refractivity contribution in [3.05, 3.63) is 59.3 Å². The van der Waals surface area contributed by atoms with Crippen LogP contribution in [0.15, 0.2) is 41.4 Å². The molecule has 0 spiro atoms. The van der Waals surface area contributed by atoms with Gasteiger partial charge in [0.1, 0.15) is 12.4 Å². The summed E-state index contributed by atoms with van der Waals surface area (Å²) in [6, 6.07) is 8.88. The molecule has 5 nitrogen and oxygen atoms in total. The van der Waals surface area contributed by atoms with Crippen LogP contribution in [-0.4, -0.2) is 30.3 Å². The Bertz CT molecular complexity index is 1040. The Morgan fingerprint density at radius 1 is 1.15 bits per heavy atom. The maximum atomic E-state index is 14.7. The quantitative estimate of drug-likeness (QED) is 0.706. The Hall–Kier alpha value is -3.22. The average Bonchev–Trinajstić information content (AvgIpc) is 2.93. The van der Waals surface area contributed by atoms with Crippen molar-refractivity contribution in [2.24, 2.45) is 4.99 Å². The van der Waals surface area contributed by atoms with E-state index in [1.54, 1.807) is 18.2 Å². The van der Waals surface area contributed by atoms with Crippen LogP contribution in [-0.2, 0) is 4.79 Å². The highest BCUT2D eigenvalue weighted by atomic mass is 19.1. The van der Waals surface area contributed by atoms with Crippen molar-refractivity contribution in [1.29, 1.82) is 0 Å². The van der Waals surface area contributed by atoms with Crippen LogP contribution in [0.2, 0.25) is 0 Å². The van der Waals surface area contributed by atoms with Gasteiger partial charge < -0.3 is 15.0 Å². The van der Waals surface area contributed by atoms with Crippen molar-refractivity contribution in [2.75, 3.05) is 19.0 Å². The number of carbonyl (C=O) groups is 1. The third-order valence-electron chi connectivity index (χ3n) is 4.08. The van der Waals surface area contributed by atoms with Crippen molar-refractivity contribution < 1.29 is 18.3 Å². The van der Waals surface area contributed by atoms with Gasteiger partial charge >= 0.3 is 0 Å². The summed E-state index contributed by atoms with van der Waals surface area (Å²) < 4.78 is 33.4. The molecule has 0 fully saturated rings. The Morgan fingerprint density at radius 2 is 1.93 bits per heavy atom. The molecule has 0 radical (unpaired) electrons. The van der Waals surface area contributed by atoms with Gasteiger partial charge in [0.2, 0.25) is 5.91 Å². The van der Waals surface area contributed by atoms with Crippen LogP contribution in [0.25, 0.3) is 10.9 Å². The van der Waals surface area contributed by atoms with E-state index in [-0.39, 0.29) is 29.5 Å². The molecule has 0 saturated carbocycles. The van der Waals surface area contributed by atoms with Gasteiger partial charge in [-0.05, 0) is 30.3 Å². The lowest BCUT2D eigenvalue weighted by molar-refractivity contribution is -0.114. The number of amides is 1. The summed E-state index contributed by atoms with van der Waals surface area (Å²) >= 11 is 0. The first kappa shape index (κ1) is 18.6. The molecule has 0 atom stereocenters. The van der Waals surface area contributed by atoms with Gasteiger partial charge in [0.15, 0.2) is 11.6 Å². The van der Waals surface area contributed by atoms with Crippen LogP contribution >= 0.6 is 0 Å². The standard InChI is InChI=1S/C18H13F2N3O2.C2H6/c1-25-13-4-2-3-10(15(13)20)16-18-17(23-14(24)8-21-16)11-7-9(19)5-6-12(11)22-18;1-2/h2-7,22H,8H2,1H3,(H,23,24);1-2H3. The van der Waals surface area contributed by atoms with Crippen molar-refractivity contribution >= 4 is 28.2 Å². The number of halogens is 2. The minimum Gasteiger partial charge on any atom is -0.494 e. The number of H-pyrrole nitrogens is 1. The number of rotatable bonds is 2. The summed E-state index contributed by atoms with van der Waals surface area (Å²) in [6.45, 7) is 3.84. The van der Waals surface area contributed by atoms with Gasteiger partial charge in [-0.25, -0.2) is 8.78 Å². The first-order valence-electron chi connectivity index (χ1n) is 8.57. The molecule has 2 N–H and O–H groups in total. The molecule has 0 saturated heterocycles. The van der Waals surface area contributed by atoms with Gasteiger partial charge in [0.05, 0.1) is 24.2 Å². The third kappa shape index (κ3) is 3.28. The fourth-order valence-electron chi connectivity index (χ4n) is 2.95. The molecular formula is C20H19F2N3O2. The first-order chi connectivity index (χ1) is 13.1. The van der Waals surface area contributed by atoms with Gasteiger partial charge in [0.25, 0.3) is 0 Å². The second-order valence-electron chi connectivity index (χ2n) is 5.60. The van der Waals surface area contributed by atoms with Crippen LogP contribution in [0.5, 0.6) is 5.75 Å². The molecule has 2 aromatic carbocycles. The number of nitrogens with zero attached hydrogens (tertiary/aromatic N) is 1. The van der Waals surface area contributed by atoms with Crippen LogP contribution in [0.1, 0.15) is 25.1 Å². The number of aromatic amines is 1. The van der Waals surface area contributed by atoms with Gasteiger partial charge in [0, 0.05) is 16.5 Å². The van der Waals surface area contributed by atoms with Crippen molar-refractivity contribution in [2.45, 2.75) is 13.8 Å². The predicted octanol–water partition coefficient (Wildman–Crippen LogP) is 4.27. The van der Waals surface area contributed by atoms with Gasteiger partial charge in [-0.1, -0.05) is 19.9 Å². The number of hydrogen-bond donors (Lipinski definition) is 2. The molecule has 0 aliphatic carbocycles. The number of fused-ring (bicyclic) bond motifs is 3. The second kappa shape index (κ2) is 7.57. The Balaban J connectivity index is 0.00000102. The van der Waals surface area contributed by atoms with E-state index in [0.717, 1.165) is 0 Å². The normalized spacial score (nSPS) is 13.1. The molecule has 3 aromatic rings. The van der Waals surface area contributed by atoms with Crippen LogP contribution in [0.3, 0.4) is 0 Å². The van der Waals surface area contributed by atoms with Crippen molar-refractivity contribution in [1.82, 2.24) is 4.98 Å². The zero-order valence-electron chi connectivity index (χ0n) is 15.2. The first-order valence-corrected chi connectivity index (χ1v) is 8.57. The van der Waals surface area contributed by atoms with Gasteiger partial charge in [-0.3, -0.25) is 9.79 Å². The molecule has 27 heavy (non-hydrogen) atoms. The Kier molecular flexibility index (Phi) is 5.21. The molecule has 140 valence electrons. The second-order valence-corrected chi connectivity index (χ2v) is 5.60. The number of anilines is 1. The molecule has 1 aliphatic heterocycles. The monoisotopic (exact) mass is 371 g/mol. The smallest absolute Gasteiger partial charge is 0.246 e. The highest BCUT2D eigenvalue weighted by molar-refractivity contribution is 6.22. The van der Waals surface area contributed by atoms with Crippen molar-refractivity contribution in [3.63, 3.8) is 0 Å². The number of carbonyl (C=O) groups excluding carboxylic acids is 1. The summed E-state index contributed by atoms with van der Waals surface area (Å²) in [6.07, 6.45) is 0. The summed E-state index contributed by atoms with van der Waals surface area (Å²) in [5, 5.41) is 3.22. The van der Waals surface area contributed by atoms with Crippen LogP contribution < -0.4 is 10.1 Å². The largest absolute Gasteiger partial charge is 0.494 e. The van der Waals surface area contributed by atoms with E-state index in [1.165, 1.54) is 25.3 Å². The Labute approximate surface area is 155 Å². The maximum Gasteiger partial charge on any atom is 0.246 e. The zero-order chi connectivity index (χ0) is 19.6. The molecule has 0 bridgehead atoms. The van der Waals surface area contributed by atoms with E-state index >= 15 is 0 Å². The Morgan fingerprint density at radius 3 is 2.67 bits per heavy atom. The van der Waals surface area contributed by atoms with E-state index in [1.807, 2.05) is 13.8 Å². The SMILES string of the molecule is CC.COc1cccc(C2=NCC(=O)Nc3c2[nH]c2ccc(F)cc32)c1F. The molecule has 1 aromatic heterocycles. The van der Waals surface area contributed by atoms with Crippen LogP contribution in [0, 0.1) is 11.6 Å². The van der Waals surface area contributed by atoms with Gasteiger partial charge in [-0.15, -0.1) is 0 Å². The van der Waals surface area contributed by atoms with Crippen molar-refractivity contribution in [3.8, 4) is 5.75 Å². The fraction of sp³-hybridized carbons (Fsp3) is 0.200. The zero-order valence-corrected chi connectivity index (χ0v) is 15.2. The number of aliphatic imine (C=N–C) groups is 1. The lowest BCUT2D eigenvalue weighted by Gasteiger charge is -2.09. The van der Waals surface area contributed by atoms with E-state index < -0.39 is 11.6 Å². The number of nitrogens with one attached hydrogen (secondary N) is 2.